The first-order valence-corrected chi connectivity index (χ1v) is 12.3. The Morgan fingerprint density at radius 1 is 1.20 bits per heavy atom. The lowest BCUT2D eigenvalue weighted by molar-refractivity contribution is 0.0759. The van der Waals surface area contributed by atoms with Crippen LogP contribution in [0.2, 0.25) is 18.1 Å². The number of hydrogen-bond donors (Lipinski definition) is 1. The van der Waals surface area contributed by atoms with E-state index in [-0.39, 0.29) is 5.04 Å². The smallest absolute Gasteiger partial charge is 0.250 e. The summed E-state index contributed by atoms with van der Waals surface area (Å²) in [5, 5.41) is 13.9. The Labute approximate surface area is 156 Å². The summed E-state index contributed by atoms with van der Waals surface area (Å²) in [6.07, 6.45) is 2.25. The number of ether oxygens (including phenoxy) is 1. The lowest BCUT2D eigenvalue weighted by Gasteiger charge is -2.37. The first kappa shape index (κ1) is 19.9. The monoisotopic (exact) mass is 379 g/mol. The van der Waals surface area contributed by atoms with Crippen LogP contribution < -0.4 is 9.16 Å². The maximum absolute atomic E-state index is 11.2. The molecule has 0 radical (unpaired) electrons. The van der Waals surface area contributed by atoms with Gasteiger partial charge in [-0.15, -0.1) is 11.3 Å². The van der Waals surface area contributed by atoms with Crippen molar-refractivity contribution in [1.82, 2.24) is 4.98 Å². The van der Waals surface area contributed by atoms with Crippen LogP contribution in [0.5, 0.6) is 11.5 Å². The topological polar surface area (TPSA) is 51.6 Å². The van der Waals surface area contributed by atoms with E-state index in [1.54, 1.807) is 13.3 Å². The molecule has 0 aliphatic heterocycles. The highest BCUT2D eigenvalue weighted by atomic mass is 32.1. The van der Waals surface area contributed by atoms with Crippen LogP contribution in [0, 0.1) is 0 Å². The van der Waals surface area contributed by atoms with E-state index in [1.807, 2.05) is 30.5 Å². The molecule has 2 aromatic rings. The molecule has 1 aromatic heterocycles. The highest BCUT2D eigenvalue weighted by Crippen LogP contribution is 2.42. The molecule has 4 nitrogen and oxygen atoms in total. The Morgan fingerprint density at radius 3 is 2.36 bits per heavy atom. The maximum Gasteiger partial charge on any atom is 0.250 e. The third-order valence-corrected chi connectivity index (χ3v) is 10.4. The van der Waals surface area contributed by atoms with Crippen molar-refractivity contribution in [2.24, 2.45) is 0 Å². The number of nitrogens with zero attached hydrogens (tertiary/aromatic N) is 1. The number of methoxy groups -OCH3 is 1. The van der Waals surface area contributed by atoms with E-state index in [9.17, 15) is 5.11 Å². The Bertz CT molecular complexity index is 710. The Balaban J connectivity index is 2.43. The summed E-state index contributed by atoms with van der Waals surface area (Å²) in [6.45, 7) is 13.0. The fraction of sp³-hybridized carbons (Fsp3) is 0.526. The van der Waals surface area contributed by atoms with Crippen LogP contribution in [0.1, 0.15) is 44.7 Å². The van der Waals surface area contributed by atoms with Crippen molar-refractivity contribution < 1.29 is 14.3 Å². The van der Waals surface area contributed by atoms with Crippen molar-refractivity contribution in [2.75, 3.05) is 7.11 Å². The summed E-state index contributed by atoms with van der Waals surface area (Å²) < 4.78 is 12.0. The van der Waals surface area contributed by atoms with E-state index < -0.39 is 13.9 Å². The van der Waals surface area contributed by atoms with Crippen molar-refractivity contribution in [2.45, 2.75) is 57.8 Å². The largest absolute Gasteiger partial charge is 0.541 e. The molecule has 1 unspecified atom stereocenters. The predicted octanol–water partition coefficient (Wildman–Crippen LogP) is 5.18. The molecule has 1 N–H and O–H groups in total. The van der Waals surface area contributed by atoms with Gasteiger partial charge in [0, 0.05) is 11.6 Å². The third-order valence-electron chi connectivity index (χ3n) is 5.11. The van der Waals surface area contributed by atoms with Crippen molar-refractivity contribution in [3.05, 3.63) is 40.3 Å². The minimum atomic E-state index is -1.97. The van der Waals surface area contributed by atoms with Gasteiger partial charge in [0.05, 0.1) is 7.11 Å². The molecule has 0 fully saturated rings. The first-order valence-electron chi connectivity index (χ1n) is 8.55. The second-order valence-corrected chi connectivity index (χ2v) is 13.4. The molecule has 1 heterocycles. The van der Waals surface area contributed by atoms with Crippen LogP contribution in [0.3, 0.4) is 0 Å². The van der Waals surface area contributed by atoms with Crippen LogP contribution in [0.25, 0.3) is 0 Å². The van der Waals surface area contributed by atoms with Gasteiger partial charge < -0.3 is 14.3 Å². The summed E-state index contributed by atoms with van der Waals surface area (Å²) in [5.74, 6) is 1.38. The summed E-state index contributed by atoms with van der Waals surface area (Å²) in [6, 6.07) is 5.69. The quantitative estimate of drug-likeness (QED) is 0.703. The van der Waals surface area contributed by atoms with Crippen molar-refractivity contribution in [1.29, 1.82) is 0 Å². The van der Waals surface area contributed by atoms with Crippen molar-refractivity contribution in [3.8, 4) is 11.5 Å². The van der Waals surface area contributed by atoms with Gasteiger partial charge in [0.1, 0.15) is 16.4 Å². The zero-order valence-electron chi connectivity index (χ0n) is 16.2. The van der Waals surface area contributed by atoms with Crippen LogP contribution in [0.4, 0.5) is 0 Å². The lowest BCUT2D eigenvalue weighted by Crippen LogP contribution is -2.44. The molecule has 25 heavy (non-hydrogen) atoms. The maximum atomic E-state index is 11.2. The number of hydrogen-bond acceptors (Lipinski definition) is 5. The molecule has 0 bridgehead atoms. The van der Waals surface area contributed by atoms with Gasteiger partial charge >= 0.3 is 0 Å². The molecule has 138 valence electrons. The van der Waals surface area contributed by atoms with E-state index in [4.69, 9.17) is 9.16 Å². The van der Waals surface area contributed by atoms with E-state index in [2.05, 4.69) is 38.8 Å². The van der Waals surface area contributed by atoms with Gasteiger partial charge in [-0.1, -0.05) is 33.8 Å². The fourth-order valence-electron chi connectivity index (χ4n) is 2.34. The van der Waals surface area contributed by atoms with E-state index in [1.165, 1.54) is 11.3 Å². The molecule has 1 atom stereocenters. The van der Waals surface area contributed by atoms with Gasteiger partial charge in [-0.3, -0.25) is 0 Å². The number of thiazole rings is 1. The van der Waals surface area contributed by atoms with Gasteiger partial charge in [-0.2, -0.15) is 0 Å². The second kappa shape index (κ2) is 7.09. The van der Waals surface area contributed by atoms with E-state index in [0.717, 1.165) is 11.3 Å². The normalized spacial score (nSPS) is 14.9. The summed E-state index contributed by atoms with van der Waals surface area (Å²) in [7, 11) is -0.340. The summed E-state index contributed by atoms with van der Waals surface area (Å²) >= 11 is 1.45. The highest BCUT2D eigenvalue weighted by molar-refractivity contribution is 7.09. The van der Waals surface area contributed by atoms with Gasteiger partial charge in [-0.25, -0.2) is 4.98 Å². The standard InChI is InChI=1S/C19H29NO3SSi/c1-8-19(21,17-20-11-12-24-17)14-9-10-15(16(13-14)22-5)23-25(6,7)18(2,3)4/h9-13,21H,8H2,1-7H3. The first-order chi connectivity index (χ1) is 11.5. The lowest BCUT2D eigenvalue weighted by atomic mass is 9.91. The average Bonchev–Trinajstić information content (AvgIpc) is 3.08. The average molecular weight is 380 g/mol. The second-order valence-electron chi connectivity index (χ2n) is 7.78. The van der Waals surface area contributed by atoms with Gasteiger partial charge in [0.15, 0.2) is 5.75 Å². The Hall–Kier alpha value is -1.37. The fourth-order valence-corrected chi connectivity index (χ4v) is 4.20. The molecule has 0 saturated heterocycles. The van der Waals surface area contributed by atoms with Gasteiger partial charge in [0.25, 0.3) is 8.32 Å². The van der Waals surface area contributed by atoms with Crippen LogP contribution >= 0.6 is 11.3 Å². The number of rotatable bonds is 6. The minimum absolute atomic E-state index is 0.0989. The van der Waals surface area contributed by atoms with Crippen LogP contribution in [-0.2, 0) is 5.60 Å². The zero-order chi connectivity index (χ0) is 18.9. The SMILES string of the molecule is CCC(O)(c1ccc(O[Si](C)(C)C(C)(C)C)c(OC)c1)c1nccs1. The van der Waals surface area contributed by atoms with Gasteiger partial charge in [0.2, 0.25) is 0 Å². The van der Waals surface area contributed by atoms with Crippen molar-refractivity contribution >= 4 is 19.7 Å². The molecular formula is C19H29NO3SSi. The molecule has 0 saturated carbocycles. The number of benzene rings is 1. The number of aromatic nitrogens is 1. The van der Waals surface area contributed by atoms with Crippen molar-refractivity contribution in [3.63, 3.8) is 0 Å². The molecule has 1 aromatic carbocycles. The minimum Gasteiger partial charge on any atom is -0.541 e. The van der Waals surface area contributed by atoms with E-state index >= 15 is 0 Å². The molecule has 6 heteroatoms. The zero-order valence-corrected chi connectivity index (χ0v) is 18.0. The number of aliphatic hydroxyl groups is 1. The highest BCUT2D eigenvalue weighted by Gasteiger charge is 2.40. The molecule has 0 amide bonds. The predicted molar refractivity (Wildman–Crippen MR) is 106 cm³/mol. The summed E-state index contributed by atoms with van der Waals surface area (Å²) in [5.41, 5.74) is -0.346. The Kier molecular flexibility index (Phi) is 5.66. The molecular weight excluding hydrogens is 350 g/mol. The Morgan fingerprint density at radius 2 is 1.88 bits per heavy atom. The summed E-state index contributed by atoms with van der Waals surface area (Å²) in [4.78, 5) is 4.31. The van der Waals surface area contributed by atoms with Crippen LogP contribution in [-0.4, -0.2) is 25.5 Å². The van der Waals surface area contributed by atoms with E-state index in [0.29, 0.717) is 17.2 Å². The van der Waals surface area contributed by atoms with Crippen LogP contribution in [0.15, 0.2) is 29.8 Å². The molecule has 0 spiro atoms. The molecule has 0 aliphatic rings. The third kappa shape index (κ3) is 3.91. The molecule has 0 aliphatic carbocycles. The van der Waals surface area contributed by atoms with Gasteiger partial charge in [-0.05, 0) is 42.2 Å². The molecule has 2 rings (SSSR count).